The first kappa shape index (κ1) is 23.2. The molecule has 1 heterocycles. The molecule has 2 N–H and O–H groups in total. The van der Waals surface area contributed by atoms with Crippen molar-refractivity contribution in [2.75, 3.05) is 19.8 Å². The van der Waals surface area contributed by atoms with Crippen LogP contribution in [-0.2, 0) is 4.74 Å². The van der Waals surface area contributed by atoms with E-state index in [2.05, 4.69) is 24.1 Å². The van der Waals surface area contributed by atoms with Crippen LogP contribution in [0.1, 0.15) is 96.8 Å². The molecule has 1 aliphatic rings. The highest BCUT2D eigenvalue weighted by atomic mass is 16.5. The minimum atomic E-state index is -0.791. The van der Waals surface area contributed by atoms with Gasteiger partial charge in [0.1, 0.15) is 12.1 Å². The smallest absolute Gasteiger partial charge is 0.184 e. The van der Waals surface area contributed by atoms with E-state index in [1.165, 1.54) is 77.0 Å². The maximum atomic E-state index is 9.29. The van der Waals surface area contributed by atoms with Gasteiger partial charge in [0.05, 0.1) is 13.2 Å². The third kappa shape index (κ3) is 10.3. The Morgan fingerprint density at radius 2 is 1.38 bits per heavy atom. The third-order valence-electron chi connectivity index (χ3n) is 5.09. The number of aliphatic imine (C=N–C) groups is 1. The molecule has 0 saturated heterocycles. The SMILES string of the molecule is CCC/C=C/CCCCCCCCCCCCC1=NC(CO)(CO)CO1. The van der Waals surface area contributed by atoms with Crippen LogP contribution in [0.25, 0.3) is 0 Å². The summed E-state index contributed by atoms with van der Waals surface area (Å²) in [5, 5.41) is 18.6. The molecule has 0 radical (unpaired) electrons. The van der Waals surface area contributed by atoms with Gasteiger partial charge in [0.15, 0.2) is 5.90 Å². The summed E-state index contributed by atoms with van der Waals surface area (Å²) in [6.45, 7) is 2.24. The second-order valence-electron chi connectivity index (χ2n) is 7.67. The lowest BCUT2D eigenvalue weighted by Gasteiger charge is -2.16. The van der Waals surface area contributed by atoms with E-state index in [0.29, 0.717) is 12.5 Å². The minimum absolute atomic E-state index is 0.150. The van der Waals surface area contributed by atoms with Crippen LogP contribution in [0.4, 0.5) is 0 Å². The number of aliphatic hydroxyl groups is 2. The van der Waals surface area contributed by atoms with Crippen molar-refractivity contribution in [1.29, 1.82) is 0 Å². The minimum Gasteiger partial charge on any atom is -0.478 e. The topological polar surface area (TPSA) is 62.1 Å². The Morgan fingerprint density at radius 1 is 0.846 bits per heavy atom. The number of aliphatic hydroxyl groups excluding tert-OH is 2. The average Bonchev–Trinajstić information content (AvgIpc) is 3.09. The van der Waals surface area contributed by atoms with Crippen molar-refractivity contribution in [1.82, 2.24) is 0 Å². The van der Waals surface area contributed by atoms with Gasteiger partial charge in [-0.2, -0.15) is 0 Å². The molecule has 0 saturated carbocycles. The summed E-state index contributed by atoms with van der Waals surface area (Å²) in [5.41, 5.74) is -0.791. The summed E-state index contributed by atoms with van der Waals surface area (Å²) in [6, 6.07) is 0. The van der Waals surface area contributed by atoms with Gasteiger partial charge in [0.25, 0.3) is 0 Å². The van der Waals surface area contributed by atoms with Crippen LogP contribution in [0.5, 0.6) is 0 Å². The number of hydrogen-bond acceptors (Lipinski definition) is 4. The lowest BCUT2D eigenvalue weighted by molar-refractivity contribution is 0.0972. The van der Waals surface area contributed by atoms with Crippen LogP contribution in [-0.4, -0.2) is 41.5 Å². The molecule has 0 aliphatic carbocycles. The zero-order chi connectivity index (χ0) is 18.9. The fourth-order valence-electron chi connectivity index (χ4n) is 3.24. The molecule has 0 bridgehead atoms. The maximum absolute atomic E-state index is 9.29. The van der Waals surface area contributed by atoms with Gasteiger partial charge < -0.3 is 14.9 Å². The molecule has 4 heteroatoms. The highest BCUT2D eigenvalue weighted by molar-refractivity contribution is 5.78. The quantitative estimate of drug-likeness (QED) is 0.275. The molecule has 0 unspecified atom stereocenters. The lowest BCUT2D eigenvalue weighted by Crippen LogP contribution is -2.37. The highest BCUT2D eigenvalue weighted by Gasteiger charge is 2.35. The first-order chi connectivity index (χ1) is 12.8. The van der Waals surface area contributed by atoms with Crippen molar-refractivity contribution in [2.45, 2.75) is 102 Å². The van der Waals surface area contributed by atoms with E-state index in [1.54, 1.807) is 0 Å². The second-order valence-corrected chi connectivity index (χ2v) is 7.67. The van der Waals surface area contributed by atoms with E-state index in [0.717, 1.165) is 12.8 Å². The van der Waals surface area contributed by atoms with E-state index in [9.17, 15) is 10.2 Å². The average molecular weight is 368 g/mol. The molecule has 1 rings (SSSR count). The van der Waals surface area contributed by atoms with Gasteiger partial charge in [0.2, 0.25) is 0 Å². The van der Waals surface area contributed by atoms with Crippen LogP contribution in [0, 0.1) is 0 Å². The predicted octanol–water partition coefficient (Wildman–Crippen LogP) is 5.18. The summed E-state index contributed by atoms with van der Waals surface area (Å²) < 4.78 is 5.50. The first-order valence-electron chi connectivity index (χ1n) is 10.8. The van der Waals surface area contributed by atoms with Gasteiger partial charge in [-0.1, -0.05) is 76.9 Å². The van der Waals surface area contributed by atoms with E-state index in [-0.39, 0.29) is 13.2 Å². The summed E-state index contributed by atoms with van der Waals surface area (Å²) in [7, 11) is 0. The van der Waals surface area contributed by atoms with Gasteiger partial charge in [-0.15, -0.1) is 0 Å². The zero-order valence-electron chi connectivity index (χ0n) is 16.9. The highest BCUT2D eigenvalue weighted by Crippen LogP contribution is 2.20. The van der Waals surface area contributed by atoms with Crippen molar-refractivity contribution >= 4 is 5.90 Å². The van der Waals surface area contributed by atoms with Gasteiger partial charge in [-0.25, -0.2) is 4.99 Å². The van der Waals surface area contributed by atoms with Crippen molar-refractivity contribution < 1.29 is 14.9 Å². The van der Waals surface area contributed by atoms with Crippen LogP contribution in [0.2, 0.25) is 0 Å². The molecule has 26 heavy (non-hydrogen) atoms. The summed E-state index contributed by atoms with van der Waals surface area (Å²) in [4.78, 5) is 4.35. The molecular weight excluding hydrogens is 326 g/mol. The fourth-order valence-corrected chi connectivity index (χ4v) is 3.24. The number of hydrogen-bond donors (Lipinski definition) is 2. The number of ether oxygens (including phenoxy) is 1. The predicted molar refractivity (Wildman–Crippen MR) is 110 cm³/mol. The Morgan fingerprint density at radius 3 is 1.92 bits per heavy atom. The van der Waals surface area contributed by atoms with Crippen LogP contribution in [0.15, 0.2) is 17.1 Å². The van der Waals surface area contributed by atoms with Crippen molar-refractivity contribution in [3.05, 3.63) is 12.2 Å². The van der Waals surface area contributed by atoms with Crippen LogP contribution in [0.3, 0.4) is 0 Å². The molecule has 0 aromatic heterocycles. The molecule has 1 aliphatic heterocycles. The van der Waals surface area contributed by atoms with Crippen molar-refractivity contribution in [3.63, 3.8) is 0 Å². The molecule has 0 atom stereocenters. The van der Waals surface area contributed by atoms with E-state index >= 15 is 0 Å². The Labute approximate surface area is 160 Å². The van der Waals surface area contributed by atoms with E-state index in [4.69, 9.17) is 4.74 Å². The molecule has 0 aromatic carbocycles. The summed E-state index contributed by atoms with van der Waals surface area (Å²) in [5.74, 6) is 0.706. The lowest BCUT2D eigenvalue weighted by atomic mass is 10.0. The standard InChI is InChI=1S/C22H41NO3/c1-2-3-4-5-6-7-8-9-10-11-12-13-14-15-16-17-21-23-22(18-24,19-25)20-26-21/h4-5,24-25H,2-3,6-20H2,1H3/b5-4+. The maximum Gasteiger partial charge on any atom is 0.184 e. The number of allylic oxidation sites excluding steroid dienone is 2. The van der Waals surface area contributed by atoms with Gasteiger partial charge in [-0.05, 0) is 25.7 Å². The van der Waals surface area contributed by atoms with Crippen molar-refractivity contribution in [2.24, 2.45) is 4.99 Å². The molecule has 0 spiro atoms. The molecule has 0 aromatic rings. The summed E-state index contributed by atoms with van der Waals surface area (Å²) >= 11 is 0. The number of unbranched alkanes of at least 4 members (excludes halogenated alkanes) is 11. The molecule has 0 amide bonds. The van der Waals surface area contributed by atoms with Crippen molar-refractivity contribution in [3.8, 4) is 0 Å². The molecule has 0 fully saturated rings. The Bertz CT molecular complexity index is 389. The van der Waals surface area contributed by atoms with E-state index < -0.39 is 5.54 Å². The van der Waals surface area contributed by atoms with Gasteiger partial charge in [-0.3, -0.25) is 0 Å². The normalized spacial score (nSPS) is 16.2. The Balaban J connectivity index is 1.84. The third-order valence-corrected chi connectivity index (χ3v) is 5.09. The van der Waals surface area contributed by atoms with Gasteiger partial charge >= 0.3 is 0 Å². The Hall–Kier alpha value is -0.870. The van der Waals surface area contributed by atoms with Gasteiger partial charge in [0, 0.05) is 6.42 Å². The number of nitrogens with zero attached hydrogens (tertiary/aromatic N) is 1. The number of rotatable bonds is 17. The second kappa shape index (κ2) is 15.2. The van der Waals surface area contributed by atoms with Crippen LogP contribution >= 0.6 is 0 Å². The fraction of sp³-hybridized carbons (Fsp3) is 0.864. The molecule has 4 nitrogen and oxygen atoms in total. The molecule has 152 valence electrons. The largest absolute Gasteiger partial charge is 0.478 e. The Kier molecular flexibility index (Phi) is 13.6. The zero-order valence-corrected chi connectivity index (χ0v) is 16.9. The summed E-state index contributed by atoms with van der Waals surface area (Å²) in [6.07, 6.45) is 22.3. The molecular formula is C22H41NO3. The van der Waals surface area contributed by atoms with Crippen LogP contribution < -0.4 is 0 Å². The first-order valence-corrected chi connectivity index (χ1v) is 10.8. The van der Waals surface area contributed by atoms with E-state index in [1.807, 2.05) is 0 Å². The monoisotopic (exact) mass is 367 g/mol.